The smallest absolute Gasteiger partial charge is 0.222 e. The minimum atomic E-state index is 0.337. The number of likely N-dealkylation sites (tertiary alicyclic amines) is 1. The SMILES string of the molecule is CC1CCC(=O)N(CCCCCl)CC1. The average Bonchev–Trinajstić information content (AvgIpc) is 2.33. The van der Waals surface area contributed by atoms with E-state index in [1.54, 1.807) is 0 Å². The first-order chi connectivity index (χ1) is 6.74. The summed E-state index contributed by atoms with van der Waals surface area (Å²) < 4.78 is 0. The predicted molar refractivity (Wildman–Crippen MR) is 59.5 cm³/mol. The van der Waals surface area contributed by atoms with Gasteiger partial charge in [-0.2, -0.15) is 0 Å². The number of nitrogens with zero attached hydrogens (tertiary/aromatic N) is 1. The average molecular weight is 218 g/mol. The molecule has 14 heavy (non-hydrogen) atoms. The molecule has 82 valence electrons. The van der Waals surface area contributed by atoms with Crippen molar-refractivity contribution in [3.8, 4) is 0 Å². The van der Waals surface area contributed by atoms with Gasteiger partial charge in [-0.05, 0) is 31.6 Å². The summed E-state index contributed by atoms with van der Waals surface area (Å²) in [5, 5.41) is 0. The minimum absolute atomic E-state index is 0.337. The molecule has 0 aromatic rings. The number of amides is 1. The van der Waals surface area contributed by atoms with Crippen molar-refractivity contribution in [1.82, 2.24) is 4.90 Å². The Kier molecular flexibility index (Phi) is 5.31. The highest BCUT2D eigenvalue weighted by atomic mass is 35.5. The molecule has 2 nitrogen and oxygen atoms in total. The zero-order chi connectivity index (χ0) is 10.4. The van der Waals surface area contributed by atoms with Crippen LogP contribution in [-0.4, -0.2) is 29.8 Å². The number of alkyl halides is 1. The van der Waals surface area contributed by atoms with Gasteiger partial charge in [-0.25, -0.2) is 0 Å². The number of halogens is 1. The lowest BCUT2D eigenvalue weighted by molar-refractivity contribution is -0.130. The monoisotopic (exact) mass is 217 g/mol. The Morgan fingerprint density at radius 3 is 2.93 bits per heavy atom. The molecular weight excluding hydrogens is 198 g/mol. The van der Waals surface area contributed by atoms with E-state index in [2.05, 4.69) is 6.92 Å². The normalized spacial score (nSPS) is 23.7. The number of rotatable bonds is 4. The molecule has 0 aromatic carbocycles. The van der Waals surface area contributed by atoms with Gasteiger partial charge in [0.25, 0.3) is 0 Å². The molecule has 1 heterocycles. The molecule has 1 aliphatic rings. The summed E-state index contributed by atoms with van der Waals surface area (Å²) in [6.45, 7) is 4.08. The van der Waals surface area contributed by atoms with Gasteiger partial charge in [-0.1, -0.05) is 6.92 Å². The maximum absolute atomic E-state index is 11.6. The van der Waals surface area contributed by atoms with Crippen LogP contribution in [-0.2, 0) is 4.79 Å². The highest BCUT2D eigenvalue weighted by molar-refractivity contribution is 6.17. The largest absolute Gasteiger partial charge is 0.343 e. The molecule has 0 saturated carbocycles. The van der Waals surface area contributed by atoms with E-state index in [9.17, 15) is 4.79 Å². The first kappa shape index (κ1) is 11.8. The first-order valence-electron chi connectivity index (χ1n) is 5.57. The zero-order valence-corrected chi connectivity index (χ0v) is 9.72. The number of carbonyl (C=O) groups excluding carboxylic acids is 1. The second kappa shape index (κ2) is 6.28. The molecule has 0 radical (unpaired) electrons. The summed E-state index contributed by atoms with van der Waals surface area (Å²) in [5.41, 5.74) is 0. The van der Waals surface area contributed by atoms with E-state index in [4.69, 9.17) is 11.6 Å². The van der Waals surface area contributed by atoms with Crippen LogP contribution in [0, 0.1) is 5.92 Å². The Hall–Kier alpha value is -0.240. The number of unbranched alkanes of at least 4 members (excludes halogenated alkanes) is 1. The van der Waals surface area contributed by atoms with E-state index in [1.165, 1.54) is 0 Å². The van der Waals surface area contributed by atoms with E-state index in [1.807, 2.05) is 4.90 Å². The van der Waals surface area contributed by atoms with Crippen molar-refractivity contribution in [2.24, 2.45) is 5.92 Å². The van der Waals surface area contributed by atoms with E-state index in [0.717, 1.165) is 45.2 Å². The van der Waals surface area contributed by atoms with Gasteiger partial charge in [0.15, 0.2) is 0 Å². The molecule has 1 fully saturated rings. The summed E-state index contributed by atoms with van der Waals surface area (Å²) in [6.07, 6.45) is 5.02. The highest BCUT2D eigenvalue weighted by Gasteiger charge is 2.19. The van der Waals surface area contributed by atoms with Gasteiger partial charge < -0.3 is 4.90 Å². The fourth-order valence-electron chi connectivity index (χ4n) is 1.81. The van der Waals surface area contributed by atoms with Crippen molar-refractivity contribution in [3.63, 3.8) is 0 Å². The van der Waals surface area contributed by atoms with Crippen LogP contribution in [0.3, 0.4) is 0 Å². The molecule has 0 spiro atoms. The quantitative estimate of drug-likeness (QED) is 0.524. The Bertz CT molecular complexity index is 184. The molecule has 0 N–H and O–H groups in total. The summed E-state index contributed by atoms with van der Waals surface area (Å²) in [6, 6.07) is 0. The third kappa shape index (κ3) is 3.87. The Morgan fingerprint density at radius 2 is 2.21 bits per heavy atom. The Labute approximate surface area is 91.6 Å². The topological polar surface area (TPSA) is 20.3 Å². The Morgan fingerprint density at radius 1 is 1.43 bits per heavy atom. The van der Waals surface area contributed by atoms with E-state index in [0.29, 0.717) is 17.7 Å². The van der Waals surface area contributed by atoms with Gasteiger partial charge >= 0.3 is 0 Å². The van der Waals surface area contributed by atoms with Crippen LogP contribution in [0.15, 0.2) is 0 Å². The van der Waals surface area contributed by atoms with Crippen LogP contribution in [0.2, 0.25) is 0 Å². The van der Waals surface area contributed by atoms with Crippen molar-refractivity contribution < 1.29 is 4.79 Å². The van der Waals surface area contributed by atoms with Crippen molar-refractivity contribution in [2.45, 2.75) is 39.0 Å². The minimum Gasteiger partial charge on any atom is -0.343 e. The molecule has 0 aliphatic carbocycles. The number of carbonyl (C=O) groups is 1. The van der Waals surface area contributed by atoms with Gasteiger partial charge in [-0.3, -0.25) is 4.79 Å². The lowest BCUT2D eigenvalue weighted by Gasteiger charge is -2.20. The standard InChI is InChI=1S/C11H20ClNO/c1-10-4-5-11(14)13(9-6-10)8-3-2-7-12/h10H,2-9H2,1H3. The van der Waals surface area contributed by atoms with Crippen molar-refractivity contribution in [3.05, 3.63) is 0 Å². The van der Waals surface area contributed by atoms with Crippen LogP contribution < -0.4 is 0 Å². The van der Waals surface area contributed by atoms with Crippen LogP contribution in [0.25, 0.3) is 0 Å². The third-order valence-corrected chi connectivity index (χ3v) is 3.17. The second-order valence-corrected chi connectivity index (χ2v) is 4.59. The second-order valence-electron chi connectivity index (χ2n) is 4.21. The van der Waals surface area contributed by atoms with Crippen LogP contribution in [0.4, 0.5) is 0 Å². The van der Waals surface area contributed by atoms with Gasteiger partial charge in [0.05, 0.1) is 0 Å². The summed E-state index contributed by atoms with van der Waals surface area (Å²) >= 11 is 5.61. The van der Waals surface area contributed by atoms with Gasteiger partial charge in [0.1, 0.15) is 0 Å². The number of hydrogen-bond acceptors (Lipinski definition) is 1. The summed E-state index contributed by atoms with van der Waals surface area (Å²) in [5.74, 6) is 1.75. The van der Waals surface area contributed by atoms with Crippen molar-refractivity contribution in [2.75, 3.05) is 19.0 Å². The maximum atomic E-state index is 11.6. The summed E-state index contributed by atoms with van der Waals surface area (Å²) in [7, 11) is 0. The molecule has 0 aromatic heterocycles. The lowest BCUT2D eigenvalue weighted by atomic mass is 10.0. The van der Waals surface area contributed by atoms with Crippen molar-refractivity contribution >= 4 is 17.5 Å². The molecule has 1 aliphatic heterocycles. The molecule has 1 unspecified atom stereocenters. The van der Waals surface area contributed by atoms with E-state index >= 15 is 0 Å². The fourth-order valence-corrected chi connectivity index (χ4v) is 2.00. The van der Waals surface area contributed by atoms with E-state index in [-0.39, 0.29) is 0 Å². The lowest BCUT2D eigenvalue weighted by Crippen LogP contribution is -2.31. The molecule has 1 atom stereocenters. The highest BCUT2D eigenvalue weighted by Crippen LogP contribution is 2.17. The fraction of sp³-hybridized carbons (Fsp3) is 0.909. The number of hydrogen-bond donors (Lipinski definition) is 0. The van der Waals surface area contributed by atoms with Crippen LogP contribution >= 0.6 is 11.6 Å². The van der Waals surface area contributed by atoms with Crippen LogP contribution in [0.5, 0.6) is 0 Å². The molecule has 3 heteroatoms. The zero-order valence-electron chi connectivity index (χ0n) is 8.97. The van der Waals surface area contributed by atoms with Gasteiger partial charge in [0.2, 0.25) is 5.91 Å². The molecule has 1 amide bonds. The van der Waals surface area contributed by atoms with Gasteiger partial charge in [0, 0.05) is 25.4 Å². The molecule has 1 saturated heterocycles. The van der Waals surface area contributed by atoms with Crippen molar-refractivity contribution in [1.29, 1.82) is 0 Å². The third-order valence-electron chi connectivity index (χ3n) is 2.91. The molecular formula is C11H20ClNO. The predicted octanol–water partition coefficient (Wildman–Crippen LogP) is 2.65. The molecule has 0 bridgehead atoms. The van der Waals surface area contributed by atoms with Gasteiger partial charge in [-0.15, -0.1) is 11.6 Å². The van der Waals surface area contributed by atoms with Crippen LogP contribution in [0.1, 0.15) is 39.0 Å². The first-order valence-corrected chi connectivity index (χ1v) is 6.11. The Balaban J connectivity index is 2.30. The maximum Gasteiger partial charge on any atom is 0.222 e. The summed E-state index contributed by atoms with van der Waals surface area (Å²) in [4.78, 5) is 13.7. The molecule has 1 rings (SSSR count). The van der Waals surface area contributed by atoms with E-state index < -0.39 is 0 Å².